The molecule has 1 aliphatic heterocycles. The van der Waals surface area contributed by atoms with E-state index in [0.717, 1.165) is 36.7 Å². The fourth-order valence-corrected chi connectivity index (χ4v) is 3.63. The van der Waals surface area contributed by atoms with Crippen molar-refractivity contribution in [3.63, 3.8) is 0 Å². The number of aromatic nitrogens is 2. The summed E-state index contributed by atoms with van der Waals surface area (Å²) < 4.78 is 5.98. The van der Waals surface area contributed by atoms with Crippen molar-refractivity contribution in [1.29, 1.82) is 0 Å². The van der Waals surface area contributed by atoms with Gasteiger partial charge in [-0.25, -0.2) is 14.8 Å². The second-order valence-electron chi connectivity index (χ2n) is 6.80. The van der Waals surface area contributed by atoms with Crippen LogP contribution in [0.3, 0.4) is 0 Å². The largest absolute Gasteiger partial charge is 0.478 e. The first-order valence-corrected chi connectivity index (χ1v) is 9.07. The summed E-state index contributed by atoms with van der Waals surface area (Å²) in [5, 5.41) is 9.38. The van der Waals surface area contributed by atoms with Crippen molar-refractivity contribution in [2.75, 3.05) is 6.54 Å². The maximum absolute atomic E-state index is 11.4. The Balaban J connectivity index is 1.55. The lowest BCUT2D eigenvalue weighted by molar-refractivity contribution is 0.0697. The van der Waals surface area contributed by atoms with E-state index >= 15 is 0 Å². The van der Waals surface area contributed by atoms with Crippen LogP contribution in [0.5, 0.6) is 0 Å². The molecule has 1 N–H and O–H groups in total. The number of nitrogens with zero attached hydrogens (tertiary/aromatic N) is 3. The number of aromatic carboxylic acids is 1. The summed E-state index contributed by atoms with van der Waals surface area (Å²) in [6.07, 6.45) is 3.93. The highest BCUT2D eigenvalue weighted by Crippen LogP contribution is 2.33. The van der Waals surface area contributed by atoms with Gasteiger partial charge in [0.25, 0.3) is 0 Å². The van der Waals surface area contributed by atoms with E-state index < -0.39 is 5.97 Å². The van der Waals surface area contributed by atoms with Gasteiger partial charge in [-0.3, -0.25) is 4.90 Å². The second kappa shape index (κ2) is 7.32. The van der Waals surface area contributed by atoms with Crippen molar-refractivity contribution in [2.45, 2.75) is 32.4 Å². The van der Waals surface area contributed by atoms with Crippen molar-refractivity contribution < 1.29 is 14.3 Å². The number of aryl methyl sites for hydroxylation is 1. The highest BCUT2D eigenvalue weighted by atomic mass is 16.4. The first kappa shape index (κ1) is 17.4. The minimum absolute atomic E-state index is 0.185. The third-order valence-corrected chi connectivity index (χ3v) is 4.92. The third kappa shape index (κ3) is 3.61. The Labute approximate surface area is 157 Å². The van der Waals surface area contributed by atoms with Crippen LogP contribution in [0.25, 0.3) is 11.3 Å². The molecule has 1 saturated heterocycles. The van der Waals surface area contributed by atoms with Crippen LogP contribution in [0.1, 0.15) is 46.5 Å². The molecule has 1 atom stereocenters. The molecule has 27 heavy (non-hydrogen) atoms. The van der Waals surface area contributed by atoms with Crippen LogP contribution in [0.2, 0.25) is 0 Å². The summed E-state index contributed by atoms with van der Waals surface area (Å²) in [7, 11) is 0. The fraction of sp³-hybridized carbons (Fsp3) is 0.286. The monoisotopic (exact) mass is 363 g/mol. The molecule has 0 spiro atoms. The summed E-state index contributed by atoms with van der Waals surface area (Å²) >= 11 is 0. The molecule has 0 bridgehead atoms. The van der Waals surface area contributed by atoms with Gasteiger partial charge >= 0.3 is 5.97 Å². The van der Waals surface area contributed by atoms with Crippen LogP contribution in [0, 0.1) is 6.92 Å². The minimum Gasteiger partial charge on any atom is -0.478 e. The molecule has 3 heterocycles. The lowest BCUT2D eigenvalue weighted by Crippen LogP contribution is -2.24. The summed E-state index contributed by atoms with van der Waals surface area (Å²) in [5.74, 6) is 1.28. The second-order valence-corrected chi connectivity index (χ2v) is 6.80. The SMILES string of the molecule is Cc1ccnc([C@H]2CCCN2Cc2ccc(-c3ccccc3C(=O)O)o2)n1. The Morgan fingerprint density at radius 1 is 1.26 bits per heavy atom. The van der Waals surface area contributed by atoms with Crippen molar-refractivity contribution in [1.82, 2.24) is 14.9 Å². The number of hydrogen-bond acceptors (Lipinski definition) is 5. The van der Waals surface area contributed by atoms with Crippen LogP contribution in [-0.4, -0.2) is 32.5 Å². The molecule has 1 fully saturated rings. The minimum atomic E-state index is -0.959. The number of rotatable bonds is 5. The fourth-order valence-electron chi connectivity index (χ4n) is 3.63. The molecule has 0 radical (unpaired) electrons. The zero-order chi connectivity index (χ0) is 18.8. The van der Waals surface area contributed by atoms with Gasteiger partial charge < -0.3 is 9.52 Å². The molecule has 2 aromatic heterocycles. The topological polar surface area (TPSA) is 79.5 Å². The van der Waals surface area contributed by atoms with E-state index in [0.29, 0.717) is 17.9 Å². The molecule has 0 aliphatic carbocycles. The van der Waals surface area contributed by atoms with Crippen LogP contribution in [0.4, 0.5) is 0 Å². The van der Waals surface area contributed by atoms with Gasteiger partial charge in [0.15, 0.2) is 0 Å². The molecule has 138 valence electrons. The molecule has 0 amide bonds. The Bertz CT molecular complexity index is 967. The molecule has 0 unspecified atom stereocenters. The van der Waals surface area contributed by atoms with E-state index in [1.165, 1.54) is 0 Å². The summed E-state index contributed by atoms with van der Waals surface area (Å²) in [6, 6.07) is 12.7. The molecule has 6 nitrogen and oxygen atoms in total. The predicted molar refractivity (Wildman–Crippen MR) is 100 cm³/mol. The Morgan fingerprint density at radius 3 is 2.93 bits per heavy atom. The Kier molecular flexibility index (Phi) is 4.73. The smallest absolute Gasteiger partial charge is 0.336 e. The maximum Gasteiger partial charge on any atom is 0.336 e. The standard InChI is InChI=1S/C21H21N3O3/c1-14-10-11-22-20(23-14)18-7-4-12-24(18)13-15-8-9-19(27-15)16-5-2-3-6-17(16)21(25)26/h2-3,5-6,8-11,18H,4,7,12-13H2,1H3,(H,25,26)/t18-/m1/s1. The van der Waals surface area contributed by atoms with E-state index in [4.69, 9.17) is 4.42 Å². The Hall–Kier alpha value is -2.99. The molecule has 1 aliphatic rings. The number of carboxylic acids is 1. The molecule has 3 aromatic rings. The summed E-state index contributed by atoms with van der Waals surface area (Å²) in [4.78, 5) is 22.8. The number of likely N-dealkylation sites (tertiary alicyclic amines) is 1. The average molecular weight is 363 g/mol. The van der Waals surface area contributed by atoms with Crippen molar-refractivity contribution in [2.24, 2.45) is 0 Å². The Morgan fingerprint density at radius 2 is 2.11 bits per heavy atom. The maximum atomic E-state index is 11.4. The van der Waals surface area contributed by atoms with Crippen molar-refractivity contribution >= 4 is 5.97 Å². The lowest BCUT2D eigenvalue weighted by atomic mass is 10.1. The number of benzene rings is 1. The number of carboxylic acid groups (broad SMARTS) is 1. The number of furan rings is 1. The highest BCUT2D eigenvalue weighted by molar-refractivity contribution is 5.95. The van der Waals surface area contributed by atoms with Gasteiger partial charge in [-0.1, -0.05) is 18.2 Å². The van der Waals surface area contributed by atoms with E-state index in [1.807, 2.05) is 37.4 Å². The summed E-state index contributed by atoms with van der Waals surface area (Å²) in [6.45, 7) is 3.59. The van der Waals surface area contributed by atoms with Gasteiger partial charge in [0.1, 0.15) is 17.3 Å². The van der Waals surface area contributed by atoms with Gasteiger partial charge in [-0.15, -0.1) is 0 Å². The van der Waals surface area contributed by atoms with Crippen molar-refractivity contribution in [3.8, 4) is 11.3 Å². The number of carbonyl (C=O) groups is 1. The normalized spacial score (nSPS) is 17.3. The van der Waals surface area contributed by atoms with E-state index in [1.54, 1.807) is 18.2 Å². The first-order valence-electron chi connectivity index (χ1n) is 9.07. The lowest BCUT2D eigenvalue weighted by Gasteiger charge is -2.22. The highest BCUT2D eigenvalue weighted by Gasteiger charge is 2.29. The zero-order valence-corrected chi connectivity index (χ0v) is 15.1. The predicted octanol–water partition coefficient (Wildman–Crippen LogP) is 4.08. The quantitative estimate of drug-likeness (QED) is 0.736. The van der Waals surface area contributed by atoms with Gasteiger partial charge in [-0.2, -0.15) is 0 Å². The molecule has 1 aromatic carbocycles. The molecular formula is C21H21N3O3. The average Bonchev–Trinajstić information content (AvgIpc) is 3.32. The molecular weight excluding hydrogens is 342 g/mol. The van der Waals surface area contributed by atoms with Crippen LogP contribution in [0.15, 0.2) is 53.1 Å². The number of hydrogen-bond donors (Lipinski definition) is 1. The van der Waals surface area contributed by atoms with Gasteiger partial charge in [0, 0.05) is 17.5 Å². The van der Waals surface area contributed by atoms with Crippen molar-refractivity contribution in [3.05, 3.63) is 71.5 Å². The van der Waals surface area contributed by atoms with E-state index in [2.05, 4.69) is 14.9 Å². The molecule has 4 rings (SSSR count). The first-order chi connectivity index (χ1) is 13.1. The van der Waals surface area contributed by atoms with Gasteiger partial charge in [0.2, 0.25) is 0 Å². The van der Waals surface area contributed by atoms with Gasteiger partial charge in [-0.05, 0) is 50.6 Å². The van der Waals surface area contributed by atoms with E-state index in [-0.39, 0.29) is 11.6 Å². The van der Waals surface area contributed by atoms with Crippen LogP contribution in [-0.2, 0) is 6.54 Å². The third-order valence-electron chi connectivity index (χ3n) is 4.92. The van der Waals surface area contributed by atoms with E-state index in [9.17, 15) is 9.90 Å². The van der Waals surface area contributed by atoms with Gasteiger partial charge in [0.05, 0.1) is 18.2 Å². The van der Waals surface area contributed by atoms with Crippen LogP contribution < -0.4 is 0 Å². The molecule has 6 heteroatoms. The zero-order valence-electron chi connectivity index (χ0n) is 15.1. The summed E-state index contributed by atoms with van der Waals surface area (Å²) in [5.41, 5.74) is 1.80. The molecule has 0 saturated carbocycles. The van der Waals surface area contributed by atoms with Crippen LogP contribution >= 0.6 is 0 Å².